The highest BCUT2D eigenvalue weighted by atomic mass is 35.5. The maximum atomic E-state index is 11.3. The third-order valence-corrected chi connectivity index (χ3v) is 3.04. The quantitative estimate of drug-likeness (QED) is 0.721. The van der Waals surface area contributed by atoms with Crippen LogP contribution >= 0.6 is 11.6 Å². The molecule has 1 amide bonds. The molecule has 1 unspecified atom stereocenters. The Hall–Kier alpha value is -1.26. The first-order chi connectivity index (χ1) is 9.10. The summed E-state index contributed by atoms with van der Waals surface area (Å²) >= 11 is 6.14. The summed E-state index contributed by atoms with van der Waals surface area (Å²) in [6.07, 6.45) is 0.919. The van der Waals surface area contributed by atoms with Crippen molar-refractivity contribution >= 4 is 17.5 Å². The maximum Gasteiger partial charge on any atom is 0.258 e. The highest BCUT2D eigenvalue weighted by Gasteiger charge is 2.18. The van der Waals surface area contributed by atoms with Crippen LogP contribution < -0.4 is 15.8 Å². The third-order valence-electron chi connectivity index (χ3n) is 2.74. The van der Waals surface area contributed by atoms with Gasteiger partial charge < -0.3 is 15.8 Å². The summed E-state index contributed by atoms with van der Waals surface area (Å²) in [6.45, 7) is 5.52. The Balaban J connectivity index is 2.87. The summed E-state index contributed by atoms with van der Waals surface area (Å²) in [7, 11) is 0. The SMILES string of the molecule is CCCNCc1cccc(Cl)c1OC(CC)C(N)=O. The van der Waals surface area contributed by atoms with Gasteiger partial charge in [-0.25, -0.2) is 0 Å². The van der Waals surface area contributed by atoms with E-state index >= 15 is 0 Å². The monoisotopic (exact) mass is 284 g/mol. The molecule has 1 rings (SSSR count). The first kappa shape index (κ1) is 15.8. The van der Waals surface area contributed by atoms with Gasteiger partial charge in [0.1, 0.15) is 5.75 Å². The van der Waals surface area contributed by atoms with E-state index in [2.05, 4.69) is 12.2 Å². The van der Waals surface area contributed by atoms with E-state index in [1.807, 2.05) is 19.1 Å². The van der Waals surface area contributed by atoms with E-state index in [0.29, 0.717) is 23.7 Å². The molecule has 1 atom stereocenters. The van der Waals surface area contributed by atoms with Crippen LogP contribution in [-0.4, -0.2) is 18.6 Å². The predicted molar refractivity (Wildman–Crippen MR) is 77.4 cm³/mol. The normalized spacial score (nSPS) is 12.2. The molecule has 0 heterocycles. The van der Waals surface area contributed by atoms with Gasteiger partial charge in [-0.3, -0.25) is 4.79 Å². The second-order valence-corrected chi connectivity index (χ2v) is 4.73. The molecule has 0 aromatic heterocycles. The molecule has 0 saturated carbocycles. The van der Waals surface area contributed by atoms with Crippen molar-refractivity contribution < 1.29 is 9.53 Å². The number of carbonyl (C=O) groups excluding carboxylic acids is 1. The topological polar surface area (TPSA) is 64.3 Å². The van der Waals surface area contributed by atoms with Gasteiger partial charge in [0, 0.05) is 12.1 Å². The third kappa shape index (κ3) is 4.73. The Labute approximate surface area is 119 Å². The van der Waals surface area contributed by atoms with Gasteiger partial charge in [-0.2, -0.15) is 0 Å². The van der Waals surface area contributed by atoms with Crippen LogP contribution in [0.3, 0.4) is 0 Å². The molecular formula is C14H21ClN2O2. The molecule has 1 aromatic rings. The number of para-hydroxylation sites is 1. The van der Waals surface area contributed by atoms with Gasteiger partial charge in [-0.05, 0) is 25.5 Å². The van der Waals surface area contributed by atoms with E-state index in [-0.39, 0.29) is 0 Å². The number of benzene rings is 1. The van der Waals surface area contributed by atoms with E-state index in [0.717, 1.165) is 18.5 Å². The molecule has 19 heavy (non-hydrogen) atoms. The molecule has 0 saturated heterocycles. The zero-order valence-electron chi connectivity index (χ0n) is 11.4. The van der Waals surface area contributed by atoms with Gasteiger partial charge in [0.25, 0.3) is 5.91 Å². The molecule has 0 radical (unpaired) electrons. The second-order valence-electron chi connectivity index (χ2n) is 4.32. The number of hydrogen-bond acceptors (Lipinski definition) is 3. The minimum Gasteiger partial charge on any atom is -0.479 e. The average molecular weight is 285 g/mol. The number of halogens is 1. The van der Waals surface area contributed by atoms with Crippen LogP contribution in [0.2, 0.25) is 5.02 Å². The molecule has 5 heteroatoms. The van der Waals surface area contributed by atoms with Gasteiger partial charge in [0.15, 0.2) is 6.10 Å². The van der Waals surface area contributed by atoms with Crippen molar-refractivity contribution in [1.82, 2.24) is 5.32 Å². The van der Waals surface area contributed by atoms with Gasteiger partial charge in [-0.15, -0.1) is 0 Å². The summed E-state index contributed by atoms with van der Waals surface area (Å²) in [4.78, 5) is 11.3. The van der Waals surface area contributed by atoms with Crippen molar-refractivity contribution in [3.8, 4) is 5.75 Å². The summed E-state index contributed by atoms with van der Waals surface area (Å²) in [5, 5.41) is 3.78. The summed E-state index contributed by atoms with van der Waals surface area (Å²) < 4.78 is 5.67. The molecule has 4 nitrogen and oxygen atoms in total. The van der Waals surface area contributed by atoms with Gasteiger partial charge in [0.05, 0.1) is 5.02 Å². The molecule has 1 aromatic carbocycles. The van der Waals surface area contributed by atoms with Crippen LogP contribution in [0.15, 0.2) is 18.2 Å². The lowest BCUT2D eigenvalue weighted by Gasteiger charge is -2.18. The minimum absolute atomic E-state index is 0.477. The zero-order chi connectivity index (χ0) is 14.3. The van der Waals surface area contributed by atoms with Crippen LogP contribution in [0, 0.1) is 0 Å². The second kappa shape index (κ2) is 8.02. The van der Waals surface area contributed by atoms with Crippen molar-refractivity contribution in [2.45, 2.75) is 39.3 Å². The van der Waals surface area contributed by atoms with E-state index in [1.54, 1.807) is 6.07 Å². The smallest absolute Gasteiger partial charge is 0.258 e. The Morgan fingerprint density at radius 3 is 2.79 bits per heavy atom. The van der Waals surface area contributed by atoms with Crippen molar-refractivity contribution in [2.75, 3.05) is 6.54 Å². The van der Waals surface area contributed by atoms with Gasteiger partial charge in [0.2, 0.25) is 0 Å². The largest absolute Gasteiger partial charge is 0.479 e. The van der Waals surface area contributed by atoms with Crippen molar-refractivity contribution in [2.24, 2.45) is 5.73 Å². The number of nitrogens with two attached hydrogens (primary N) is 1. The number of hydrogen-bond donors (Lipinski definition) is 2. The maximum absolute atomic E-state index is 11.3. The standard InChI is InChI=1S/C14H21ClN2O2/c1-3-8-17-9-10-6-5-7-11(15)13(10)19-12(4-2)14(16)18/h5-7,12,17H,3-4,8-9H2,1-2H3,(H2,16,18). The molecule has 0 aliphatic carbocycles. The lowest BCUT2D eigenvalue weighted by molar-refractivity contribution is -0.124. The van der Waals surface area contributed by atoms with Gasteiger partial charge in [-0.1, -0.05) is 37.6 Å². The van der Waals surface area contributed by atoms with Crippen LogP contribution in [-0.2, 0) is 11.3 Å². The fourth-order valence-electron chi connectivity index (χ4n) is 1.71. The summed E-state index contributed by atoms with van der Waals surface area (Å²) in [5.74, 6) is 0.0632. The summed E-state index contributed by atoms with van der Waals surface area (Å²) in [6, 6.07) is 5.54. The number of ether oxygens (including phenoxy) is 1. The molecule has 0 aliphatic heterocycles. The molecule has 0 fully saturated rings. The molecular weight excluding hydrogens is 264 g/mol. The first-order valence-corrected chi connectivity index (χ1v) is 6.92. The number of nitrogens with one attached hydrogen (secondary N) is 1. The van der Waals surface area contributed by atoms with Crippen LogP contribution in [0.25, 0.3) is 0 Å². The van der Waals surface area contributed by atoms with E-state index < -0.39 is 12.0 Å². The fourth-order valence-corrected chi connectivity index (χ4v) is 1.95. The Kier molecular flexibility index (Phi) is 6.67. The zero-order valence-corrected chi connectivity index (χ0v) is 12.2. The molecule has 0 aliphatic rings. The Morgan fingerprint density at radius 2 is 2.21 bits per heavy atom. The molecule has 3 N–H and O–H groups in total. The number of rotatable bonds is 8. The Morgan fingerprint density at radius 1 is 1.47 bits per heavy atom. The van der Waals surface area contributed by atoms with Gasteiger partial charge >= 0.3 is 0 Å². The number of amides is 1. The van der Waals surface area contributed by atoms with Crippen molar-refractivity contribution in [1.29, 1.82) is 0 Å². The molecule has 0 bridgehead atoms. The van der Waals surface area contributed by atoms with E-state index in [4.69, 9.17) is 22.1 Å². The lowest BCUT2D eigenvalue weighted by Crippen LogP contribution is -2.33. The van der Waals surface area contributed by atoms with E-state index in [9.17, 15) is 4.79 Å². The molecule has 0 spiro atoms. The van der Waals surface area contributed by atoms with Crippen LogP contribution in [0.5, 0.6) is 5.75 Å². The highest BCUT2D eigenvalue weighted by Crippen LogP contribution is 2.30. The van der Waals surface area contributed by atoms with Crippen LogP contribution in [0.4, 0.5) is 0 Å². The number of primary amides is 1. The average Bonchev–Trinajstić information content (AvgIpc) is 2.38. The molecule has 106 valence electrons. The van der Waals surface area contributed by atoms with Crippen LogP contribution in [0.1, 0.15) is 32.3 Å². The predicted octanol–water partition coefficient (Wildman–Crippen LogP) is 2.48. The number of carbonyl (C=O) groups is 1. The Bertz CT molecular complexity index is 424. The van der Waals surface area contributed by atoms with E-state index in [1.165, 1.54) is 0 Å². The summed E-state index contributed by atoms with van der Waals surface area (Å²) in [5.41, 5.74) is 6.23. The minimum atomic E-state index is -0.648. The first-order valence-electron chi connectivity index (χ1n) is 6.54. The van der Waals surface area contributed by atoms with Crippen molar-refractivity contribution in [3.63, 3.8) is 0 Å². The highest BCUT2D eigenvalue weighted by molar-refractivity contribution is 6.32. The van der Waals surface area contributed by atoms with Crippen molar-refractivity contribution in [3.05, 3.63) is 28.8 Å². The fraction of sp³-hybridized carbons (Fsp3) is 0.500. The lowest BCUT2D eigenvalue weighted by atomic mass is 10.2.